The third-order valence-corrected chi connectivity index (χ3v) is 7.20. The molecule has 6 heteroatoms. The lowest BCUT2D eigenvalue weighted by Gasteiger charge is -2.22. The molecule has 0 atom stereocenters. The van der Waals surface area contributed by atoms with Crippen molar-refractivity contribution in [2.24, 2.45) is 0 Å². The number of nitrogens with one attached hydrogen (secondary N) is 1. The normalized spacial score (nSPS) is 13.2. The second-order valence-electron chi connectivity index (χ2n) is 9.95. The van der Waals surface area contributed by atoms with Gasteiger partial charge >= 0.3 is 0 Å². The van der Waals surface area contributed by atoms with E-state index in [0.29, 0.717) is 23.9 Å². The van der Waals surface area contributed by atoms with Gasteiger partial charge < -0.3 is 15.2 Å². The Morgan fingerprint density at radius 3 is 2.74 bits per heavy atom. The van der Waals surface area contributed by atoms with Gasteiger partial charge in [0.05, 0.1) is 24.1 Å². The Hall–Kier alpha value is -3.64. The van der Waals surface area contributed by atoms with Gasteiger partial charge in [0.15, 0.2) is 5.82 Å². The molecular formula is C32H40N4O2. The molecule has 3 aromatic rings. The van der Waals surface area contributed by atoms with Crippen molar-refractivity contribution in [3.63, 3.8) is 0 Å². The van der Waals surface area contributed by atoms with Gasteiger partial charge in [-0.05, 0) is 105 Å². The maximum absolute atomic E-state index is 10.0. The van der Waals surface area contributed by atoms with Crippen LogP contribution in [0.3, 0.4) is 0 Å². The van der Waals surface area contributed by atoms with Crippen LogP contribution in [0, 0.1) is 6.92 Å². The van der Waals surface area contributed by atoms with Crippen molar-refractivity contribution in [2.45, 2.75) is 66.8 Å². The summed E-state index contributed by atoms with van der Waals surface area (Å²) in [6.07, 6.45) is 7.77. The summed E-state index contributed by atoms with van der Waals surface area (Å²) in [5.74, 6) is 0.988. The van der Waals surface area contributed by atoms with Crippen molar-refractivity contribution in [3.05, 3.63) is 93.8 Å². The zero-order valence-electron chi connectivity index (χ0n) is 23.4. The van der Waals surface area contributed by atoms with Crippen LogP contribution in [0.15, 0.2) is 60.3 Å². The summed E-state index contributed by atoms with van der Waals surface area (Å²) in [5, 5.41) is 17.9. The van der Waals surface area contributed by atoms with Crippen LogP contribution in [0.25, 0.3) is 17.2 Å². The van der Waals surface area contributed by atoms with E-state index in [0.717, 1.165) is 50.0 Å². The predicted molar refractivity (Wildman–Crippen MR) is 156 cm³/mol. The molecule has 0 aliphatic carbocycles. The highest BCUT2D eigenvalue weighted by Crippen LogP contribution is 2.32. The number of fused-ring (bicyclic) bond motifs is 1. The van der Waals surface area contributed by atoms with Gasteiger partial charge in [0, 0.05) is 6.54 Å². The number of hydrogen-bond acceptors (Lipinski definition) is 5. The Morgan fingerprint density at radius 1 is 1.21 bits per heavy atom. The molecule has 2 aromatic heterocycles. The first-order valence-electron chi connectivity index (χ1n) is 13.6. The van der Waals surface area contributed by atoms with Crippen molar-refractivity contribution < 1.29 is 9.84 Å². The molecule has 6 nitrogen and oxygen atoms in total. The highest BCUT2D eigenvalue weighted by atomic mass is 16.5. The third kappa shape index (κ3) is 5.76. The maximum atomic E-state index is 10.0. The minimum absolute atomic E-state index is 0.0806. The number of aliphatic hydroxyl groups is 1. The van der Waals surface area contributed by atoms with Crippen molar-refractivity contribution >= 4 is 11.3 Å². The van der Waals surface area contributed by atoms with Crippen LogP contribution in [0.4, 0.5) is 0 Å². The molecule has 0 saturated heterocycles. The summed E-state index contributed by atoms with van der Waals surface area (Å²) in [4.78, 5) is 5.01. The van der Waals surface area contributed by atoms with E-state index < -0.39 is 0 Å². The van der Waals surface area contributed by atoms with Crippen LogP contribution in [0.2, 0.25) is 0 Å². The molecule has 0 radical (unpaired) electrons. The lowest BCUT2D eigenvalue weighted by molar-refractivity contribution is 0.313. The molecule has 0 unspecified atom stereocenters. The maximum Gasteiger partial charge on any atom is 0.229 e. The summed E-state index contributed by atoms with van der Waals surface area (Å²) in [6, 6.07) is 10.6. The Bertz CT molecular complexity index is 1380. The standard InChI is InChI=1S/C32H40N4O2/c1-7-10-28(26(21(3)4)16-15-24-13-14-25-19-33-18-17-27(25)22(24)5)30-11-9-12-31(35-30)36-32(38-8-2)29(20-34-36)23(6)37/h9-14,20,33,37H,6-8,15-19H2,1-5H3/b28-10+. The molecular weight excluding hydrogens is 472 g/mol. The molecule has 1 aliphatic rings. The van der Waals surface area contributed by atoms with E-state index in [2.05, 4.69) is 69.0 Å². The van der Waals surface area contributed by atoms with Gasteiger partial charge in [-0.25, -0.2) is 4.98 Å². The average Bonchev–Trinajstić information content (AvgIpc) is 3.33. The minimum atomic E-state index is -0.0806. The summed E-state index contributed by atoms with van der Waals surface area (Å²) in [6.45, 7) is 16.8. The Morgan fingerprint density at radius 2 is 2.03 bits per heavy atom. The first-order valence-corrected chi connectivity index (χ1v) is 13.6. The Labute approximate surface area is 226 Å². The molecule has 0 amide bonds. The van der Waals surface area contributed by atoms with Gasteiger partial charge in [-0.2, -0.15) is 9.78 Å². The zero-order chi connectivity index (χ0) is 27.2. The SMILES string of the molecule is C=C(O)c1cnn(-c2cccc(/C(=C/CC)C(CCc3ccc4c(c3C)CCNC4)=C(C)C)n2)c1OCC. The zero-order valence-corrected chi connectivity index (χ0v) is 23.4. The van der Waals surface area contributed by atoms with E-state index in [1.807, 2.05) is 19.1 Å². The van der Waals surface area contributed by atoms with Crippen LogP contribution >= 0.6 is 0 Å². The predicted octanol–water partition coefficient (Wildman–Crippen LogP) is 6.91. The number of rotatable bonds is 10. The molecule has 200 valence electrons. The Kier molecular flexibility index (Phi) is 8.85. The van der Waals surface area contributed by atoms with E-state index in [1.54, 1.807) is 10.9 Å². The van der Waals surface area contributed by atoms with E-state index in [1.165, 1.54) is 33.4 Å². The van der Waals surface area contributed by atoms with Crippen molar-refractivity contribution in [1.82, 2.24) is 20.1 Å². The first kappa shape index (κ1) is 27.4. The highest BCUT2D eigenvalue weighted by Gasteiger charge is 2.19. The number of aryl methyl sites for hydroxylation is 1. The van der Waals surface area contributed by atoms with Gasteiger partial charge in [-0.15, -0.1) is 0 Å². The molecule has 1 aliphatic heterocycles. The van der Waals surface area contributed by atoms with Gasteiger partial charge in [0.25, 0.3) is 0 Å². The lowest BCUT2D eigenvalue weighted by atomic mass is 9.87. The molecule has 38 heavy (non-hydrogen) atoms. The second kappa shape index (κ2) is 12.3. The number of aromatic nitrogens is 3. The fraction of sp³-hybridized carbons (Fsp3) is 0.375. The average molecular weight is 513 g/mol. The van der Waals surface area contributed by atoms with Gasteiger partial charge in [-0.1, -0.05) is 43.4 Å². The van der Waals surface area contributed by atoms with Crippen LogP contribution < -0.4 is 10.1 Å². The smallest absolute Gasteiger partial charge is 0.229 e. The fourth-order valence-electron chi connectivity index (χ4n) is 5.25. The van der Waals surface area contributed by atoms with Crippen molar-refractivity contribution in [3.8, 4) is 11.7 Å². The number of allylic oxidation sites excluding steroid dienone is 4. The molecule has 1 aromatic carbocycles. The number of ether oxygens (including phenoxy) is 1. The van der Waals surface area contributed by atoms with Crippen LogP contribution in [-0.2, 0) is 19.4 Å². The van der Waals surface area contributed by atoms with E-state index in [9.17, 15) is 5.11 Å². The second-order valence-corrected chi connectivity index (χ2v) is 9.95. The van der Waals surface area contributed by atoms with Gasteiger partial charge in [0.1, 0.15) is 5.76 Å². The van der Waals surface area contributed by atoms with Crippen LogP contribution in [0.1, 0.15) is 74.0 Å². The molecule has 0 spiro atoms. The topological polar surface area (TPSA) is 72.2 Å². The van der Waals surface area contributed by atoms with E-state index in [4.69, 9.17) is 9.72 Å². The van der Waals surface area contributed by atoms with Gasteiger partial charge in [0.2, 0.25) is 5.88 Å². The largest absolute Gasteiger partial charge is 0.508 e. The number of hydrogen-bond donors (Lipinski definition) is 2. The lowest BCUT2D eigenvalue weighted by Crippen LogP contribution is -2.24. The summed E-state index contributed by atoms with van der Waals surface area (Å²) in [7, 11) is 0. The quantitative estimate of drug-likeness (QED) is 0.228. The van der Waals surface area contributed by atoms with Crippen molar-refractivity contribution in [1.29, 1.82) is 0 Å². The summed E-state index contributed by atoms with van der Waals surface area (Å²) >= 11 is 0. The number of aliphatic hydroxyl groups excluding tert-OH is 1. The van der Waals surface area contributed by atoms with Crippen molar-refractivity contribution in [2.75, 3.05) is 13.2 Å². The summed E-state index contributed by atoms with van der Waals surface area (Å²) < 4.78 is 7.43. The minimum Gasteiger partial charge on any atom is -0.508 e. The number of nitrogens with zero attached hydrogens (tertiary/aromatic N) is 3. The van der Waals surface area contributed by atoms with Crippen LogP contribution in [-0.4, -0.2) is 33.0 Å². The highest BCUT2D eigenvalue weighted by molar-refractivity contribution is 5.78. The summed E-state index contributed by atoms with van der Waals surface area (Å²) in [5.41, 5.74) is 11.0. The monoisotopic (exact) mass is 512 g/mol. The molecule has 4 rings (SSSR count). The molecule has 0 bridgehead atoms. The third-order valence-electron chi connectivity index (χ3n) is 7.20. The Balaban J connectivity index is 1.67. The molecule has 0 saturated carbocycles. The number of pyridine rings is 1. The van der Waals surface area contributed by atoms with Gasteiger partial charge in [-0.3, -0.25) is 0 Å². The fourth-order valence-corrected chi connectivity index (χ4v) is 5.25. The van der Waals surface area contributed by atoms with E-state index >= 15 is 0 Å². The molecule has 2 N–H and O–H groups in total. The molecule has 3 heterocycles. The van der Waals surface area contributed by atoms with Crippen LogP contribution in [0.5, 0.6) is 5.88 Å². The van der Waals surface area contributed by atoms with E-state index in [-0.39, 0.29) is 5.76 Å². The first-order chi connectivity index (χ1) is 18.3. The number of benzene rings is 1. The molecule has 0 fully saturated rings.